The van der Waals surface area contributed by atoms with E-state index >= 15 is 0 Å². The number of hydrogen-bond acceptors (Lipinski definition) is 3. The lowest BCUT2D eigenvalue weighted by Crippen LogP contribution is -1.95. The predicted molar refractivity (Wildman–Crippen MR) is 95.6 cm³/mol. The summed E-state index contributed by atoms with van der Waals surface area (Å²) in [6, 6.07) is 18.4. The lowest BCUT2D eigenvalue weighted by atomic mass is 10.1. The van der Waals surface area contributed by atoms with Gasteiger partial charge in [-0.1, -0.05) is 6.07 Å². The summed E-state index contributed by atoms with van der Waals surface area (Å²) in [5.41, 5.74) is 4.10. The maximum absolute atomic E-state index is 5.21. The number of rotatable bonds is 3. The van der Waals surface area contributed by atoms with E-state index in [1.165, 1.54) is 0 Å². The van der Waals surface area contributed by atoms with E-state index in [9.17, 15) is 0 Å². The van der Waals surface area contributed by atoms with Crippen molar-refractivity contribution < 1.29 is 4.74 Å². The Bertz CT molecular complexity index is 1000. The Morgan fingerprint density at radius 3 is 2.50 bits per heavy atom. The molecule has 0 spiro atoms. The van der Waals surface area contributed by atoms with Crippen molar-refractivity contribution in [3.05, 3.63) is 72.8 Å². The average molecular weight is 315 g/mol. The maximum atomic E-state index is 5.21. The van der Waals surface area contributed by atoms with Crippen molar-refractivity contribution in [3.8, 4) is 22.7 Å². The number of aromatic nitrogens is 3. The van der Waals surface area contributed by atoms with Gasteiger partial charge in [-0.15, -0.1) is 0 Å². The molecule has 0 bridgehead atoms. The Morgan fingerprint density at radius 2 is 1.79 bits per heavy atom. The Labute approximate surface area is 140 Å². The lowest BCUT2D eigenvalue weighted by molar-refractivity contribution is 0.415. The first kappa shape index (κ1) is 14.5. The molecule has 4 heteroatoms. The maximum Gasteiger partial charge on any atom is 0.118 e. The lowest BCUT2D eigenvalue weighted by Gasteiger charge is -2.08. The second kappa shape index (κ2) is 5.81. The number of pyridine rings is 1. The van der Waals surface area contributed by atoms with Crippen LogP contribution >= 0.6 is 0 Å². The van der Waals surface area contributed by atoms with Crippen LogP contribution in [0.4, 0.5) is 0 Å². The minimum atomic E-state index is 0.847. The van der Waals surface area contributed by atoms with Gasteiger partial charge in [0.15, 0.2) is 0 Å². The van der Waals surface area contributed by atoms with Gasteiger partial charge < -0.3 is 9.30 Å². The number of ether oxygens (including phenoxy) is 1. The number of fused-ring (bicyclic) bond motifs is 1. The molecule has 118 valence electrons. The summed E-state index contributed by atoms with van der Waals surface area (Å²) >= 11 is 0. The van der Waals surface area contributed by atoms with Gasteiger partial charge in [-0.3, -0.25) is 0 Å². The zero-order valence-corrected chi connectivity index (χ0v) is 13.6. The Kier molecular flexibility index (Phi) is 3.50. The zero-order valence-electron chi connectivity index (χ0n) is 13.6. The number of imidazole rings is 1. The number of benzene rings is 2. The van der Waals surface area contributed by atoms with Crippen molar-refractivity contribution in [2.75, 3.05) is 7.11 Å². The summed E-state index contributed by atoms with van der Waals surface area (Å²) in [7, 11) is 1.67. The fourth-order valence-corrected chi connectivity index (χ4v) is 2.84. The summed E-state index contributed by atoms with van der Waals surface area (Å²) in [6.45, 7) is 2.00. The van der Waals surface area contributed by atoms with Gasteiger partial charge in [-0.2, -0.15) is 0 Å². The van der Waals surface area contributed by atoms with E-state index in [0.29, 0.717) is 0 Å². The summed E-state index contributed by atoms with van der Waals surface area (Å²) in [4.78, 5) is 9.06. The molecule has 0 atom stereocenters. The van der Waals surface area contributed by atoms with Crippen LogP contribution in [-0.2, 0) is 0 Å². The van der Waals surface area contributed by atoms with E-state index in [1.54, 1.807) is 7.11 Å². The average Bonchev–Trinajstić information content (AvgIpc) is 3.07. The molecule has 24 heavy (non-hydrogen) atoms. The molecule has 4 aromatic rings. The molecule has 4 nitrogen and oxygen atoms in total. The van der Waals surface area contributed by atoms with E-state index in [-0.39, 0.29) is 0 Å². The molecule has 0 aliphatic carbocycles. The van der Waals surface area contributed by atoms with E-state index in [2.05, 4.69) is 39.9 Å². The molecular formula is C20H17N3O. The summed E-state index contributed by atoms with van der Waals surface area (Å²) in [6.07, 6.45) is 3.78. The number of aryl methyl sites for hydroxylation is 1. The molecule has 0 aliphatic heterocycles. The van der Waals surface area contributed by atoms with Gasteiger partial charge in [0.05, 0.1) is 18.3 Å². The van der Waals surface area contributed by atoms with Crippen LogP contribution < -0.4 is 4.74 Å². The molecule has 0 aliphatic rings. The van der Waals surface area contributed by atoms with Crippen molar-refractivity contribution in [1.82, 2.24) is 14.5 Å². The molecule has 2 aromatic heterocycles. The monoisotopic (exact) mass is 315 g/mol. The van der Waals surface area contributed by atoms with Crippen LogP contribution in [-0.4, -0.2) is 21.6 Å². The van der Waals surface area contributed by atoms with Gasteiger partial charge in [0.2, 0.25) is 0 Å². The van der Waals surface area contributed by atoms with Gasteiger partial charge in [0.1, 0.15) is 11.6 Å². The Balaban J connectivity index is 1.75. The second-order valence-corrected chi connectivity index (χ2v) is 5.65. The van der Waals surface area contributed by atoms with Crippen molar-refractivity contribution >= 4 is 10.9 Å². The molecule has 0 fully saturated rings. The Morgan fingerprint density at radius 1 is 0.958 bits per heavy atom. The summed E-state index contributed by atoms with van der Waals surface area (Å²) in [5, 5.41) is 1.11. The molecule has 0 N–H and O–H groups in total. The fourth-order valence-electron chi connectivity index (χ4n) is 2.84. The third-order valence-electron chi connectivity index (χ3n) is 4.16. The van der Waals surface area contributed by atoms with Crippen molar-refractivity contribution in [3.63, 3.8) is 0 Å². The molecule has 0 amide bonds. The third-order valence-corrected chi connectivity index (χ3v) is 4.16. The highest BCUT2D eigenvalue weighted by Gasteiger charge is 2.05. The van der Waals surface area contributed by atoms with Crippen molar-refractivity contribution in [2.24, 2.45) is 0 Å². The number of hydrogen-bond donors (Lipinski definition) is 0. The highest BCUT2D eigenvalue weighted by atomic mass is 16.5. The zero-order chi connectivity index (χ0) is 16.5. The van der Waals surface area contributed by atoms with E-state index in [0.717, 1.165) is 39.4 Å². The highest BCUT2D eigenvalue weighted by molar-refractivity contribution is 5.83. The van der Waals surface area contributed by atoms with Crippen LogP contribution in [0.25, 0.3) is 27.8 Å². The standard InChI is InChI=1S/C20H17N3O/c1-14-21-11-12-23(14)17-6-10-20-16(13-17)5-9-19(22-20)15-3-7-18(24-2)8-4-15/h3-13H,1-2H3. The normalized spacial score (nSPS) is 10.9. The smallest absolute Gasteiger partial charge is 0.118 e. The van der Waals surface area contributed by atoms with Gasteiger partial charge in [0.25, 0.3) is 0 Å². The minimum absolute atomic E-state index is 0.847. The fraction of sp³-hybridized carbons (Fsp3) is 0.100. The quantitative estimate of drug-likeness (QED) is 0.562. The Hall–Kier alpha value is -3.14. The van der Waals surface area contributed by atoms with E-state index in [1.807, 2.05) is 43.6 Å². The van der Waals surface area contributed by atoms with Crippen LogP contribution in [0.1, 0.15) is 5.82 Å². The van der Waals surface area contributed by atoms with E-state index in [4.69, 9.17) is 9.72 Å². The molecular weight excluding hydrogens is 298 g/mol. The highest BCUT2D eigenvalue weighted by Crippen LogP contribution is 2.24. The summed E-state index contributed by atoms with van der Waals surface area (Å²) < 4.78 is 7.27. The van der Waals surface area contributed by atoms with Gasteiger partial charge in [-0.25, -0.2) is 9.97 Å². The largest absolute Gasteiger partial charge is 0.497 e. The SMILES string of the molecule is COc1ccc(-c2ccc3cc(-n4ccnc4C)ccc3n2)cc1. The van der Waals surface area contributed by atoms with Gasteiger partial charge >= 0.3 is 0 Å². The first-order valence-corrected chi connectivity index (χ1v) is 7.80. The molecule has 4 rings (SSSR count). The molecule has 2 heterocycles. The van der Waals surface area contributed by atoms with E-state index < -0.39 is 0 Å². The molecule has 0 unspecified atom stereocenters. The van der Waals surface area contributed by atoms with Crippen LogP contribution in [0, 0.1) is 6.92 Å². The molecule has 0 radical (unpaired) electrons. The minimum Gasteiger partial charge on any atom is -0.497 e. The molecule has 2 aromatic carbocycles. The first-order valence-electron chi connectivity index (χ1n) is 7.80. The predicted octanol–water partition coefficient (Wildman–Crippen LogP) is 4.40. The first-order chi connectivity index (χ1) is 11.7. The van der Waals surface area contributed by atoms with Gasteiger partial charge in [-0.05, 0) is 55.5 Å². The van der Waals surface area contributed by atoms with Crippen molar-refractivity contribution in [1.29, 1.82) is 0 Å². The van der Waals surface area contributed by atoms with Crippen LogP contribution in [0.3, 0.4) is 0 Å². The topological polar surface area (TPSA) is 39.9 Å². The second-order valence-electron chi connectivity index (χ2n) is 5.65. The van der Waals surface area contributed by atoms with Crippen LogP contribution in [0.5, 0.6) is 5.75 Å². The van der Waals surface area contributed by atoms with Crippen molar-refractivity contribution in [2.45, 2.75) is 6.92 Å². The molecule has 0 saturated carbocycles. The number of nitrogens with zero attached hydrogens (tertiary/aromatic N) is 3. The summed E-state index contributed by atoms with van der Waals surface area (Å²) in [5.74, 6) is 1.82. The number of methoxy groups -OCH3 is 1. The van der Waals surface area contributed by atoms with Gasteiger partial charge in [0, 0.05) is 29.0 Å². The molecule has 0 saturated heterocycles. The third kappa shape index (κ3) is 2.52. The van der Waals surface area contributed by atoms with Crippen LogP contribution in [0.15, 0.2) is 67.0 Å². The van der Waals surface area contributed by atoms with Crippen LogP contribution in [0.2, 0.25) is 0 Å².